The molecule has 1 aromatic heterocycles. The molecule has 0 amide bonds. The van der Waals surface area contributed by atoms with E-state index in [-0.39, 0.29) is 6.10 Å². The highest BCUT2D eigenvalue weighted by atomic mass is 16.3. The molecular formula is C15H24N2O. The lowest BCUT2D eigenvalue weighted by molar-refractivity contribution is 0.0978. The topological polar surface area (TPSA) is 36.4 Å². The van der Waals surface area contributed by atoms with Crippen LogP contribution in [-0.4, -0.2) is 41.2 Å². The van der Waals surface area contributed by atoms with Crippen LogP contribution in [0.5, 0.6) is 0 Å². The first-order chi connectivity index (χ1) is 8.74. The van der Waals surface area contributed by atoms with Gasteiger partial charge in [-0.15, -0.1) is 0 Å². The lowest BCUT2D eigenvalue weighted by atomic mass is 9.87. The smallest absolute Gasteiger partial charge is 0.0540 e. The zero-order chi connectivity index (χ0) is 12.8. The van der Waals surface area contributed by atoms with E-state index < -0.39 is 0 Å². The normalized spacial score (nSPS) is 24.4. The summed E-state index contributed by atoms with van der Waals surface area (Å²) in [4.78, 5) is 6.75. The summed E-state index contributed by atoms with van der Waals surface area (Å²) in [7, 11) is 2.19. The molecule has 1 N–H and O–H groups in total. The largest absolute Gasteiger partial charge is 0.393 e. The van der Waals surface area contributed by atoms with Crippen molar-refractivity contribution < 1.29 is 5.11 Å². The van der Waals surface area contributed by atoms with Gasteiger partial charge in [0.2, 0.25) is 0 Å². The Balaban J connectivity index is 1.67. The maximum Gasteiger partial charge on any atom is 0.0540 e. The quantitative estimate of drug-likeness (QED) is 0.867. The van der Waals surface area contributed by atoms with Crippen LogP contribution in [0.15, 0.2) is 24.4 Å². The molecule has 0 atom stereocenters. The minimum absolute atomic E-state index is 0.0416. The van der Waals surface area contributed by atoms with Crippen LogP contribution in [0.1, 0.15) is 31.4 Å². The molecule has 3 heteroatoms. The minimum Gasteiger partial charge on any atom is -0.393 e. The Morgan fingerprint density at radius 3 is 2.72 bits per heavy atom. The Labute approximate surface area is 110 Å². The van der Waals surface area contributed by atoms with Crippen LogP contribution in [0.3, 0.4) is 0 Å². The van der Waals surface area contributed by atoms with Gasteiger partial charge in [-0.2, -0.15) is 0 Å². The van der Waals surface area contributed by atoms with E-state index in [1.165, 1.54) is 18.5 Å². The Bertz CT molecular complexity index is 334. The molecule has 1 heterocycles. The van der Waals surface area contributed by atoms with Crippen molar-refractivity contribution in [3.63, 3.8) is 0 Å². The predicted molar refractivity (Wildman–Crippen MR) is 73.4 cm³/mol. The van der Waals surface area contributed by atoms with Gasteiger partial charge in [-0.1, -0.05) is 6.07 Å². The van der Waals surface area contributed by atoms with Gasteiger partial charge in [0.15, 0.2) is 0 Å². The Morgan fingerprint density at radius 1 is 1.28 bits per heavy atom. The van der Waals surface area contributed by atoms with Crippen LogP contribution in [0.2, 0.25) is 0 Å². The van der Waals surface area contributed by atoms with E-state index in [1.807, 2.05) is 18.3 Å². The summed E-state index contributed by atoms with van der Waals surface area (Å²) in [6.45, 7) is 2.22. The van der Waals surface area contributed by atoms with Crippen molar-refractivity contribution in [2.45, 2.75) is 38.2 Å². The van der Waals surface area contributed by atoms with E-state index in [0.29, 0.717) is 0 Å². The van der Waals surface area contributed by atoms with E-state index in [2.05, 4.69) is 23.0 Å². The maximum absolute atomic E-state index is 9.49. The second kappa shape index (κ2) is 6.86. The Kier molecular flexibility index (Phi) is 5.14. The average Bonchev–Trinajstić information content (AvgIpc) is 2.40. The van der Waals surface area contributed by atoms with E-state index in [0.717, 1.165) is 38.3 Å². The number of rotatable bonds is 5. The van der Waals surface area contributed by atoms with Gasteiger partial charge < -0.3 is 10.0 Å². The van der Waals surface area contributed by atoms with Crippen molar-refractivity contribution >= 4 is 0 Å². The molecule has 1 aromatic rings. The van der Waals surface area contributed by atoms with Gasteiger partial charge in [0.25, 0.3) is 0 Å². The van der Waals surface area contributed by atoms with Crippen LogP contribution < -0.4 is 0 Å². The van der Waals surface area contributed by atoms with Gasteiger partial charge >= 0.3 is 0 Å². The summed E-state index contributed by atoms with van der Waals surface area (Å²) in [5, 5.41) is 9.49. The summed E-state index contributed by atoms with van der Waals surface area (Å²) >= 11 is 0. The van der Waals surface area contributed by atoms with Crippen molar-refractivity contribution in [1.29, 1.82) is 0 Å². The Morgan fingerprint density at radius 2 is 2.06 bits per heavy atom. The van der Waals surface area contributed by atoms with Crippen molar-refractivity contribution in [2.24, 2.45) is 5.92 Å². The molecule has 100 valence electrons. The van der Waals surface area contributed by atoms with Gasteiger partial charge in [-0.05, 0) is 50.8 Å². The highest BCUT2D eigenvalue weighted by molar-refractivity contribution is 5.03. The number of hydrogen-bond acceptors (Lipinski definition) is 3. The second-order valence-electron chi connectivity index (χ2n) is 5.51. The number of aliphatic hydroxyl groups excluding tert-OH is 1. The fraction of sp³-hybridized carbons (Fsp3) is 0.667. The molecule has 0 radical (unpaired) electrons. The van der Waals surface area contributed by atoms with Gasteiger partial charge in [-0.25, -0.2) is 0 Å². The van der Waals surface area contributed by atoms with E-state index in [1.54, 1.807) is 0 Å². The molecule has 0 aliphatic heterocycles. The molecule has 0 saturated heterocycles. The Hall–Kier alpha value is -0.930. The lowest BCUT2D eigenvalue weighted by Crippen LogP contribution is -2.31. The average molecular weight is 248 g/mol. The number of hydrogen-bond donors (Lipinski definition) is 1. The molecule has 0 aromatic carbocycles. The van der Waals surface area contributed by atoms with Crippen LogP contribution in [0.25, 0.3) is 0 Å². The molecule has 0 unspecified atom stereocenters. The molecule has 1 aliphatic rings. The lowest BCUT2D eigenvalue weighted by Gasteiger charge is -2.29. The summed E-state index contributed by atoms with van der Waals surface area (Å²) in [5.74, 6) is 0.766. The van der Waals surface area contributed by atoms with E-state index in [9.17, 15) is 5.11 Å². The predicted octanol–water partition coefficient (Wildman–Crippen LogP) is 2.11. The fourth-order valence-electron chi connectivity index (χ4n) is 2.71. The second-order valence-corrected chi connectivity index (χ2v) is 5.51. The van der Waals surface area contributed by atoms with E-state index in [4.69, 9.17) is 0 Å². The first-order valence-electron chi connectivity index (χ1n) is 7.00. The minimum atomic E-state index is -0.0416. The molecule has 18 heavy (non-hydrogen) atoms. The number of aliphatic hydroxyl groups is 1. The van der Waals surface area contributed by atoms with Gasteiger partial charge in [-0.3, -0.25) is 4.98 Å². The van der Waals surface area contributed by atoms with Crippen LogP contribution >= 0.6 is 0 Å². The molecule has 1 fully saturated rings. The summed E-state index contributed by atoms with van der Waals surface area (Å²) in [6, 6.07) is 6.09. The number of nitrogens with zero attached hydrogens (tertiary/aromatic N) is 2. The summed E-state index contributed by atoms with van der Waals surface area (Å²) in [5.41, 5.74) is 1.17. The molecule has 0 spiro atoms. The van der Waals surface area contributed by atoms with Gasteiger partial charge in [0.1, 0.15) is 0 Å². The molecule has 1 saturated carbocycles. The molecule has 0 bridgehead atoms. The highest BCUT2D eigenvalue weighted by Gasteiger charge is 2.20. The zero-order valence-electron chi connectivity index (χ0n) is 11.3. The third-order valence-corrected chi connectivity index (χ3v) is 3.86. The van der Waals surface area contributed by atoms with Crippen LogP contribution in [0.4, 0.5) is 0 Å². The number of pyridine rings is 1. The third kappa shape index (κ3) is 4.39. The number of likely N-dealkylation sites (N-methyl/N-ethyl adjacent to an activating group) is 1. The SMILES string of the molecule is CN(CCc1ccccn1)CC1CCC(O)CC1. The molecular weight excluding hydrogens is 224 g/mol. The van der Waals surface area contributed by atoms with Gasteiger partial charge in [0, 0.05) is 31.4 Å². The van der Waals surface area contributed by atoms with Gasteiger partial charge in [0.05, 0.1) is 6.10 Å². The van der Waals surface area contributed by atoms with E-state index >= 15 is 0 Å². The summed E-state index contributed by atoms with van der Waals surface area (Å²) in [6.07, 6.45) is 7.16. The molecule has 2 rings (SSSR count). The standard InChI is InChI=1S/C15H24N2O/c1-17(11-9-14-4-2-3-10-16-14)12-13-5-7-15(18)8-6-13/h2-4,10,13,15,18H,5-9,11-12H2,1H3. The zero-order valence-corrected chi connectivity index (χ0v) is 11.3. The summed E-state index contributed by atoms with van der Waals surface area (Å²) < 4.78 is 0. The van der Waals surface area contributed by atoms with Crippen molar-refractivity contribution in [1.82, 2.24) is 9.88 Å². The monoisotopic (exact) mass is 248 g/mol. The van der Waals surface area contributed by atoms with Crippen molar-refractivity contribution in [2.75, 3.05) is 20.1 Å². The fourth-order valence-corrected chi connectivity index (χ4v) is 2.71. The van der Waals surface area contributed by atoms with Crippen molar-refractivity contribution in [3.8, 4) is 0 Å². The number of aromatic nitrogens is 1. The van der Waals surface area contributed by atoms with Crippen LogP contribution in [0, 0.1) is 5.92 Å². The molecule has 3 nitrogen and oxygen atoms in total. The van der Waals surface area contributed by atoms with Crippen LogP contribution in [-0.2, 0) is 6.42 Å². The van der Waals surface area contributed by atoms with Crippen molar-refractivity contribution in [3.05, 3.63) is 30.1 Å². The first kappa shape index (κ1) is 13.5. The maximum atomic E-state index is 9.49. The third-order valence-electron chi connectivity index (χ3n) is 3.86. The first-order valence-corrected chi connectivity index (χ1v) is 7.00. The molecule has 1 aliphatic carbocycles. The highest BCUT2D eigenvalue weighted by Crippen LogP contribution is 2.24.